The first-order valence-electron chi connectivity index (χ1n) is 6.31. The van der Waals surface area contributed by atoms with Gasteiger partial charge in [0, 0.05) is 8.96 Å². The molecule has 106 valence electrons. The minimum absolute atomic E-state index is 0.269. The molecule has 0 fully saturated rings. The Balaban J connectivity index is 1.89. The molecule has 1 N–H and O–H groups in total. The van der Waals surface area contributed by atoms with Crippen molar-refractivity contribution in [2.45, 2.75) is 0 Å². The van der Waals surface area contributed by atoms with Gasteiger partial charge in [-0.05, 0) is 59.0 Å². The van der Waals surface area contributed by atoms with E-state index in [4.69, 9.17) is 9.15 Å². The molecule has 1 amide bonds. The van der Waals surface area contributed by atoms with Crippen LogP contribution in [-0.4, -0.2) is 13.0 Å². The van der Waals surface area contributed by atoms with Gasteiger partial charge in [0.05, 0.1) is 12.8 Å². The average molecular weight is 393 g/mol. The summed E-state index contributed by atoms with van der Waals surface area (Å²) in [5.74, 6) is 0.736. The van der Waals surface area contributed by atoms with Crippen molar-refractivity contribution in [1.29, 1.82) is 0 Å². The zero-order valence-corrected chi connectivity index (χ0v) is 13.4. The van der Waals surface area contributed by atoms with Gasteiger partial charge in [-0.2, -0.15) is 0 Å². The third kappa shape index (κ3) is 2.87. The fourth-order valence-electron chi connectivity index (χ4n) is 2.01. The Bertz CT molecular complexity index is 810. The van der Waals surface area contributed by atoms with Gasteiger partial charge < -0.3 is 14.5 Å². The molecule has 1 heterocycles. The molecule has 21 heavy (non-hydrogen) atoms. The molecule has 0 aliphatic carbocycles. The summed E-state index contributed by atoms with van der Waals surface area (Å²) in [4.78, 5) is 12.3. The molecule has 1 aromatic heterocycles. The molecular weight excluding hydrogens is 381 g/mol. The van der Waals surface area contributed by atoms with E-state index in [0.717, 1.165) is 20.4 Å². The molecule has 0 saturated heterocycles. The molecule has 3 aromatic rings. The highest BCUT2D eigenvalue weighted by Crippen LogP contribution is 2.25. The third-order valence-electron chi connectivity index (χ3n) is 3.07. The van der Waals surface area contributed by atoms with Gasteiger partial charge in [0.25, 0.3) is 5.91 Å². The number of hydrogen-bond donors (Lipinski definition) is 1. The lowest BCUT2D eigenvalue weighted by atomic mass is 10.2. The van der Waals surface area contributed by atoms with E-state index in [-0.39, 0.29) is 11.7 Å². The number of carbonyl (C=O) groups is 1. The number of fused-ring (bicyclic) bond motifs is 1. The Labute approximate surface area is 135 Å². The number of amides is 1. The van der Waals surface area contributed by atoms with E-state index >= 15 is 0 Å². The number of furan rings is 1. The topological polar surface area (TPSA) is 51.5 Å². The van der Waals surface area contributed by atoms with Crippen molar-refractivity contribution in [3.05, 3.63) is 57.9 Å². The van der Waals surface area contributed by atoms with Gasteiger partial charge >= 0.3 is 0 Å². The maximum absolute atomic E-state index is 12.3. The average Bonchev–Trinajstić information content (AvgIpc) is 2.92. The number of hydrogen-bond acceptors (Lipinski definition) is 3. The highest BCUT2D eigenvalue weighted by Gasteiger charge is 2.14. The second-order valence-electron chi connectivity index (χ2n) is 4.45. The van der Waals surface area contributed by atoms with Crippen LogP contribution in [0.15, 0.2) is 52.9 Å². The first kappa shape index (κ1) is 13.9. The molecule has 3 rings (SSSR count). The van der Waals surface area contributed by atoms with Crippen molar-refractivity contribution in [2.24, 2.45) is 0 Å². The summed E-state index contributed by atoms with van der Waals surface area (Å²) in [7, 11) is 1.60. The van der Waals surface area contributed by atoms with Crippen LogP contribution in [0.4, 0.5) is 5.69 Å². The van der Waals surface area contributed by atoms with Crippen LogP contribution in [0, 0.1) is 3.57 Å². The number of para-hydroxylation sites is 1. The Morgan fingerprint density at radius 2 is 2.00 bits per heavy atom. The fraction of sp³-hybridized carbons (Fsp3) is 0.0625. The molecule has 0 unspecified atom stereocenters. The number of carbonyl (C=O) groups excluding carboxylic acids is 1. The van der Waals surface area contributed by atoms with Gasteiger partial charge in [0.1, 0.15) is 11.3 Å². The first-order valence-corrected chi connectivity index (χ1v) is 7.39. The van der Waals surface area contributed by atoms with Crippen molar-refractivity contribution in [3.8, 4) is 5.75 Å². The van der Waals surface area contributed by atoms with Crippen LogP contribution in [0.1, 0.15) is 10.6 Å². The summed E-state index contributed by atoms with van der Waals surface area (Å²) in [5, 5.41) is 3.68. The summed E-state index contributed by atoms with van der Waals surface area (Å²) in [6.07, 6.45) is 0. The smallest absolute Gasteiger partial charge is 0.291 e. The number of ether oxygens (including phenoxy) is 1. The highest BCUT2D eigenvalue weighted by molar-refractivity contribution is 14.1. The SMILES string of the molecule is COc1ccc2oc(C(=O)Nc3ccccc3I)cc2c1. The van der Waals surface area contributed by atoms with E-state index in [1.54, 1.807) is 25.3 Å². The molecule has 4 nitrogen and oxygen atoms in total. The Hall–Kier alpha value is -2.02. The number of rotatable bonds is 3. The second kappa shape index (κ2) is 5.77. The van der Waals surface area contributed by atoms with Crippen molar-refractivity contribution >= 4 is 45.2 Å². The van der Waals surface area contributed by atoms with Gasteiger partial charge in [0.15, 0.2) is 5.76 Å². The summed E-state index contributed by atoms with van der Waals surface area (Å²) >= 11 is 2.17. The molecule has 0 aliphatic rings. The van der Waals surface area contributed by atoms with Crippen molar-refractivity contribution < 1.29 is 13.9 Å². The van der Waals surface area contributed by atoms with E-state index in [1.807, 2.05) is 30.3 Å². The van der Waals surface area contributed by atoms with Gasteiger partial charge in [-0.3, -0.25) is 4.79 Å². The molecule has 0 saturated carbocycles. The van der Waals surface area contributed by atoms with E-state index < -0.39 is 0 Å². The first-order chi connectivity index (χ1) is 10.2. The standard InChI is InChI=1S/C16H12INO3/c1-20-11-6-7-14-10(8-11)9-15(21-14)16(19)18-13-5-3-2-4-12(13)17/h2-9H,1H3,(H,18,19). The lowest BCUT2D eigenvalue weighted by Crippen LogP contribution is -2.11. The zero-order chi connectivity index (χ0) is 14.8. The van der Waals surface area contributed by atoms with Crippen LogP contribution < -0.4 is 10.1 Å². The van der Waals surface area contributed by atoms with E-state index in [9.17, 15) is 4.79 Å². The summed E-state index contributed by atoms with van der Waals surface area (Å²) in [5.41, 5.74) is 1.42. The Morgan fingerprint density at radius 3 is 2.76 bits per heavy atom. The number of halogens is 1. The van der Waals surface area contributed by atoms with E-state index in [2.05, 4.69) is 27.9 Å². The molecule has 0 radical (unpaired) electrons. The van der Waals surface area contributed by atoms with Crippen molar-refractivity contribution in [3.63, 3.8) is 0 Å². The van der Waals surface area contributed by atoms with Crippen LogP contribution >= 0.6 is 22.6 Å². The Morgan fingerprint density at radius 1 is 1.19 bits per heavy atom. The van der Waals surface area contributed by atoms with E-state index in [0.29, 0.717) is 5.58 Å². The van der Waals surface area contributed by atoms with Crippen molar-refractivity contribution in [1.82, 2.24) is 0 Å². The second-order valence-corrected chi connectivity index (χ2v) is 5.61. The number of nitrogens with one attached hydrogen (secondary N) is 1. The number of methoxy groups -OCH3 is 1. The van der Waals surface area contributed by atoms with E-state index in [1.165, 1.54) is 0 Å². The summed E-state index contributed by atoms with van der Waals surface area (Å²) in [6, 6.07) is 14.7. The largest absolute Gasteiger partial charge is 0.497 e. The summed E-state index contributed by atoms with van der Waals surface area (Å²) < 4.78 is 11.7. The van der Waals surface area contributed by atoms with Gasteiger partial charge in [-0.15, -0.1) is 0 Å². The van der Waals surface area contributed by atoms with Crippen molar-refractivity contribution in [2.75, 3.05) is 12.4 Å². The Kier molecular flexibility index (Phi) is 3.83. The van der Waals surface area contributed by atoms with Crippen LogP contribution in [-0.2, 0) is 0 Å². The molecule has 5 heteroatoms. The lowest BCUT2D eigenvalue weighted by Gasteiger charge is -2.04. The van der Waals surface area contributed by atoms with Gasteiger partial charge in [-0.1, -0.05) is 12.1 Å². The van der Waals surface area contributed by atoms with Gasteiger partial charge in [-0.25, -0.2) is 0 Å². The summed E-state index contributed by atoms with van der Waals surface area (Å²) in [6.45, 7) is 0. The monoisotopic (exact) mass is 393 g/mol. The van der Waals surface area contributed by atoms with Crippen LogP contribution in [0.3, 0.4) is 0 Å². The zero-order valence-electron chi connectivity index (χ0n) is 11.2. The van der Waals surface area contributed by atoms with Crippen LogP contribution in [0.25, 0.3) is 11.0 Å². The molecule has 0 atom stereocenters. The highest BCUT2D eigenvalue weighted by atomic mass is 127. The predicted molar refractivity (Wildman–Crippen MR) is 89.9 cm³/mol. The maximum atomic E-state index is 12.3. The fourth-order valence-corrected chi connectivity index (χ4v) is 2.53. The maximum Gasteiger partial charge on any atom is 0.291 e. The number of anilines is 1. The van der Waals surface area contributed by atoms with Gasteiger partial charge in [0.2, 0.25) is 0 Å². The third-order valence-corrected chi connectivity index (χ3v) is 4.01. The quantitative estimate of drug-likeness (QED) is 0.676. The predicted octanol–water partition coefficient (Wildman–Crippen LogP) is 4.30. The number of benzene rings is 2. The minimum atomic E-state index is -0.269. The molecule has 0 bridgehead atoms. The normalized spacial score (nSPS) is 10.6. The lowest BCUT2D eigenvalue weighted by molar-refractivity contribution is 0.0998. The molecule has 0 aliphatic heterocycles. The van der Waals surface area contributed by atoms with Crippen LogP contribution in [0.5, 0.6) is 5.75 Å². The molecule has 0 spiro atoms. The van der Waals surface area contributed by atoms with Crippen LogP contribution in [0.2, 0.25) is 0 Å². The minimum Gasteiger partial charge on any atom is -0.497 e. The molecular formula is C16H12INO3. The molecule has 2 aromatic carbocycles.